The molecule has 3 rings (SSSR count). The molecule has 0 unspecified atom stereocenters. The Hall–Kier alpha value is -4.32. The summed E-state index contributed by atoms with van der Waals surface area (Å²) >= 11 is 0. The van der Waals surface area contributed by atoms with Gasteiger partial charge in [-0.15, -0.1) is 0 Å². The molecule has 3 aromatic rings. The van der Waals surface area contributed by atoms with E-state index in [4.69, 9.17) is 16.3 Å². The predicted molar refractivity (Wildman–Crippen MR) is 129 cm³/mol. The van der Waals surface area contributed by atoms with E-state index in [1.54, 1.807) is 24.3 Å². The van der Waals surface area contributed by atoms with Crippen molar-refractivity contribution in [3.05, 3.63) is 65.1 Å². The van der Waals surface area contributed by atoms with Crippen LogP contribution in [-0.4, -0.2) is 34.0 Å². The highest BCUT2D eigenvalue weighted by atomic mass is 16.5. The van der Waals surface area contributed by atoms with Crippen molar-refractivity contribution in [3.63, 3.8) is 0 Å². The second-order valence-electron chi connectivity index (χ2n) is 8.24. The molecule has 33 heavy (non-hydrogen) atoms. The molecule has 0 bridgehead atoms. The average Bonchev–Trinajstić information content (AvgIpc) is 2.80. The van der Waals surface area contributed by atoms with Gasteiger partial charge in [0, 0.05) is 16.7 Å². The highest BCUT2D eigenvalue weighted by molar-refractivity contribution is 6.37. The molecule has 2 heterocycles. The molecule has 0 aliphatic heterocycles. The summed E-state index contributed by atoms with van der Waals surface area (Å²) in [5, 5.41) is 13.2. The molecule has 0 aliphatic carbocycles. The van der Waals surface area contributed by atoms with Crippen molar-refractivity contribution in [1.82, 2.24) is 15.0 Å². The summed E-state index contributed by atoms with van der Waals surface area (Å²) in [7, 11) is 1.49. The zero-order valence-electron chi connectivity index (χ0n) is 19.1. The third kappa shape index (κ3) is 5.49. The standard InChI is InChI=1S/C24H26N8O/c1-24(2,3)21-10-6-8-16(29-21)13-28-14-20(32-27)19-11-18(30-23(26)31-19)17-9-5-7-15(12-25)22(17)33-4/h5-11,14H,13,27H2,1-4H3,(H2,26,30,31). The number of methoxy groups -OCH3 is 1. The molecule has 168 valence electrons. The van der Waals surface area contributed by atoms with Gasteiger partial charge in [0.05, 0.1) is 42.5 Å². The van der Waals surface area contributed by atoms with E-state index >= 15 is 0 Å². The van der Waals surface area contributed by atoms with Gasteiger partial charge >= 0.3 is 0 Å². The van der Waals surface area contributed by atoms with Gasteiger partial charge in [0.15, 0.2) is 0 Å². The number of nitrogens with two attached hydrogens (primary N) is 2. The van der Waals surface area contributed by atoms with Crippen molar-refractivity contribution in [2.24, 2.45) is 15.9 Å². The number of hydrazone groups is 1. The van der Waals surface area contributed by atoms with Gasteiger partial charge in [-0.2, -0.15) is 10.4 Å². The number of benzene rings is 1. The predicted octanol–water partition coefficient (Wildman–Crippen LogP) is 3.23. The zero-order chi connectivity index (χ0) is 24.0. The largest absolute Gasteiger partial charge is 0.495 e. The molecular formula is C24H26N8O. The molecule has 9 heteroatoms. The van der Waals surface area contributed by atoms with Gasteiger partial charge < -0.3 is 16.3 Å². The second-order valence-corrected chi connectivity index (χ2v) is 8.24. The minimum Gasteiger partial charge on any atom is -0.495 e. The van der Waals surface area contributed by atoms with Crippen molar-refractivity contribution in [2.75, 3.05) is 12.8 Å². The number of anilines is 1. The first-order valence-electron chi connectivity index (χ1n) is 10.2. The molecule has 0 fully saturated rings. The first kappa shape index (κ1) is 23.3. The summed E-state index contributed by atoms with van der Waals surface area (Å²) < 4.78 is 5.42. The minimum absolute atomic E-state index is 0.0287. The van der Waals surface area contributed by atoms with Crippen LogP contribution in [0.4, 0.5) is 5.95 Å². The molecule has 0 saturated carbocycles. The van der Waals surface area contributed by atoms with Crippen LogP contribution >= 0.6 is 0 Å². The van der Waals surface area contributed by atoms with Gasteiger partial charge in [-0.05, 0) is 30.3 Å². The Labute approximate surface area is 192 Å². The normalized spacial score (nSPS) is 12.0. The van der Waals surface area contributed by atoms with Crippen LogP contribution in [0.5, 0.6) is 5.75 Å². The lowest BCUT2D eigenvalue weighted by Gasteiger charge is -2.17. The van der Waals surface area contributed by atoms with Gasteiger partial charge in [-0.3, -0.25) is 9.98 Å². The number of rotatable bonds is 6. The van der Waals surface area contributed by atoms with Crippen LogP contribution in [0.25, 0.3) is 11.3 Å². The number of para-hydroxylation sites is 1. The monoisotopic (exact) mass is 442 g/mol. The van der Waals surface area contributed by atoms with E-state index in [0.29, 0.717) is 40.5 Å². The molecular weight excluding hydrogens is 416 g/mol. The first-order valence-corrected chi connectivity index (χ1v) is 10.2. The summed E-state index contributed by atoms with van der Waals surface area (Å²) in [6, 6.07) is 14.9. The highest BCUT2D eigenvalue weighted by Gasteiger charge is 2.16. The van der Waals surface area contributed by atoms with Gasteiger partial charge in [0.25, 0.3) is 0 Å². The van der Waals surface area contributed by atoms with E-state index in [-0.39, 0.29) is 11.4 Å². The van der Waals surface area contributed by atoms with Crippen LogP contribution in [0.3, 0.4) is 0 Å². The van der Waals surface area contributed by atoms with Gasteiger partial charge in [0.2, 0.25) is 5.95 Å². The van der Waals surface area contributed by atoms with E-state index < -0.39 is 0 Å². The van der Waals surface area contributed by atoms with E-state index in [1.165, 1.54) is 13.3 Å². The fourth-order valence-corrected chi connectivity index (χ4v) is 3.16. The zero-order valence-corrected chi connectivity index (χ0v) is 19.1. The van der Waals surface area contributed by atoms with E-state index in [0.717, 1.165) is 11.4 Å². The second kappa shape index (κ2) is 9.87. The number of ether oxygens (including phenoxy) is 1. The van der Waals surface area contributed by atoms with Crippen molar-refractivity contribution in [2.45, 2.75) is 32.7 Å². The number of nitrogens with zero attached hydrogens (tertiary/aromatic N) is 6. The summed E-state index contributed by atoms with van der Waals surface area (Å²) in [5.74, 6) is 6.04. The SMILES string of the molecule is COc1c(C#N)cccc1-c1cc(C(C=NCc2cccc(C(C)(C)C)n2)=NN)nc(N)n1. The number of hydrogen-bond donors (Lipinski definition) is 2. The Morgan fingerprint density at radius 2 is 1.91 bits per heavy atom. The molecule has 1 aromatic carbocycles. The fourth-order valence-electron chi connectivity index (χ4n) is 3.16. The fraction of sp³-hybridized carbons (Fsp3) is 0.250. The molecule has 0 spiro atoms. The van der Waals surface area contributed by atoms with Crippen LogP contribution < -0.4 is 16.3 Å². The van der Waals surface area contributed by atoms with Crippen LogP contribution in [0.1, 0.15) is 43.4 Å². The molecule has 4 N–H and O–H groups in total. The lowest BCUT2D eigenvalue weighted by Crippen LogP contribution is -2.14. The lowest BCUT2D eigenvalue weighted by atomic mass is 9.91. The van der Waals surface area contributed by atoms with E-state index in [2.05, 4.69) is 51.9 Å². The number of nitriles is 1. The molecule has 0 saturated heterocycles. The van der Waals surface area contributed by atoms with Crippen molar-refractivity contribution in [3.8, 4) is 23.1 Å². The first-order chi connectivity index (χ1) is 15.8. The Kier molecular flexibility index (Phi) is 6.98. The van der Waals surface area contributed by atoms with Crippen molar-refractivity contribution < 1.29 is 4.74 Å². The van der Waals surface area contributed by atoms with Gasteiger partial charge in [-0.1, -0.05) is 32.9 Å². The van der Waals surface area contributed by atoms with Crippen molar-refractivity contribution in [1.29, 1.82) is 5.26 Å². The van der Waals surface area contributed by atoms with Crippen LogP contribution in [0.15, 0.2) is 52.6 Å². The molecule has 0 atom stereocenters. The smallest absolute Gasteiger partial charge is 0.221 e. The van der Waals surface area contributed by atoms with Crippen LogP contribution in [-0.2, 0) is 12.0 Å². The third-order valence-corrected chi connectivity index (χ3v) is 4.80. The van der Waals surface area contributed by atoms with Crippen LogP contribution in [0.2, 0.25) is 0 Å². The number of nitrogen functional groups attached to an aromatic ring is 1. The maximum atomic E-state index is 9.36. The Balaban J connectivity index is 1.91. The Morgan fingerprint density at radius 3 is 2.58 bits per heavy atom. The quantitative estimate of drug-likeness (QED) is 0.338. The number of aromatic nitrogens is 3. The Bertz CT molecular complexity index is 1250. The third-order valence-electron chi connectivity index (χ3n) is 4.80. The minimum atomic E-state index is -0.0532. The van der Waals surface area contributed by atoms with Gasteiger partial charge in [0.1, 0.15) is 17.5 Å². The molecule has 9 nitrogen and oxygen atoms in total. The summed E-state index contributed by atoms with van der Waals surface area (Å²) in [5.41, 5.74) is 9.89. The summed E-state index contributed by atoms with van der Waals surface area (Å²) in [6.07, 6.45) is 1.53. The van der Waals surface area contributed by atoms with E-state index in [1.807, 2.05) is 18.2 Å². The van der Waals surface area contributed by atoms with Crippen molar-refractivity contribution >= 4 is 17.9 Å². The topological polar surface area (TPSA) is 148 Å². The lowest BCUT2D eigenvalue weighted by molar-refractivity contribution is 0.415. The number of pyridine rings is 1. The molecule has 0 radical (unpaired) electrons. The van der Waals surface area contributed by atoms with Gasteiger partial charge in [-0.25, -0.2) is 9.97 Å². The average molecular weight is 443 g/mol. The molecule has 0 aliphatic rings. The highest BCUT2D eigenvalue weighted by Crippen LogP contribution is 2.32. The summed E-state index contributed by atoms with van der Waals surface area (Å²) in [6.45, 7) is 6.69. The van der Waals surface area contributed by atoms with E-state index in [9.17, 15) is 5.26 Å². The molecule has 0 amide bonds. The maximum absolute atomic E-state index is 9.36. The molecule has 2 aromatic heterocycles. The van der Waals surface area contributed by atoms with Crippen LogP contribution in [0, 0.1) is 11.3 Å². The number of aliphatic imine (C=N–C) groups is 1. The summed E-state index contributed by atoms with van der Waals surface area (Å²) in [4.78, 5) is 17.6. The number of hydrogen-bond acceptors (Lipinski definition) is 9. The maximum Gasteiger partial charge on any atom is 0.221 e. The Morgan fingerprint density at radius 1 is 1.15 bits per heavy atom.